The van der Waals surface area contributed by atoms with Crippen molar-refractivity contribution in [3.63, 3.8) is 0 Å². The molecule has 0 spiro atoms. The fourth-order valence-electron chi connectivity index (χ4n) is 2.03. The van der Waals surface area contributed by atoms with Crippen LogP contribution in [0.15, 0.2) is 0 Å². The predicted octanol–water partition coefficient (Wildman–Crippen LogP) is 2.02. The summed E-state index contributed by atoms with van der Waals surface area (Å²) in [5, 5.41) is 13.4. The van der Waals surface area contributed by atoms with Gasteiger partial charge in [-0.05, 0) is 26.0 Å². The van der Waals surface area contributed by atoms with E-state index in [0.717, 1.165) is 12.3 Å². The summed E-state index contributed by atoms with van der Waals surface area (Å²) >= 11 is 1.71. The summed E-state index contributed by atoms with van der Waals surface area (Å²) in [5.41, 5.74) is -0.545. The van der Waals surface area contributed by atoms with Crippen LogP contribution in [0, 0.1) is 0 Å². The van der Waals surface area contributed by atoms with Gasteiger partial charge in [0.1, 0.15) is 0 Å². The minimum absolute atomic E-state index is 0.545. The topological polar surface area (TPSA) is 32.3 Å². The van der Waals surface area contributed by atoms with E-state index in [1.807, 2.05) is 13.2 Å². The van der Waals surface area contributed by atoms with Crippen LogP contribution in [0.4, 0.5) is 0 Å². The zero-order chi connectivity index (χ0) is 10.4. The van der Waals surface area contributed by atoms with Gasteiger partial charge >= 0.3 is 0 Å². The van der Waals surface area contributed by atoms with Gasteiger partial charge in [0.05, 0.1) is 5.60 Å². The molecule has 1 fully saturated rings. The lowest BCUT2D eigenvalue weighted by atomic mass is 9.95. The van der Waals surface area contributed by atoms with Crippen LogP contribution in [0.2, 0.25) is 0 Å². The summed E-state index contributed by atoms with van der Waals surface area (Å²) in [7, 11) is 0. The molecule has 2 N–H and O–H groups in total. The molecular formula is C11H23NOS. The lowest BCUT2D eigenvalue weighted by Crippen LogP contribution is -2.44. The third-order valence-electron chi connectivity index (χ3n) is 2.83. The highest BCUT2D eigenvalue weighted by molar-refractivity contribution is 7.98. The van der Waals surface area contributed by atoms with E-state index >= 15 is 0 Å². The van der Waals surface area contributed by atoms with Crippen molar-refractivity contribution < 1.29 is 5.11 Å². The summed E-state index contributed by atoms with van der Waals surface area (Å²) in [5.74, 6) is 0.812. The smallest absolute Gasteiger partial charge is 0.0833 e. The number of hydrogen-bond acceptors (Lipinski definition) is 3. The fraction of sp³-hybridized carbons (Fsp3) is 1.00. The molecule has 1 aliphatic rings. The molecule has 1 rings (SSSR count). The maximum atomic E-state index is 9.96. The van der Waals surface area contributed by atoms with Crippen molar-refractivity contribution in [2.24, 2.45) is 0 Å². The Hall–Kier alpha value is 0.270. The maximum absolute atomic E-state index is 9.96. The fourth-order valence-corrected chi connectivity index (χ4v) is 2.76. The molecule has 1 aliphatic carbocycles. The molecule has 84 valence electrons. The molecular weight excluding hydrogens is 194 g/mol. The molecule has 14 heavy (non-hydrogen) atoms. The Morgan fingerprint density at radius 3 is 2.57 bits per heavy atom. The molecule has 1 atom stereocenters. The summed E-state index contributed by atoms with van der Waals surface area (Å²) in [4.78, 5) is 0. The normalized spacial score (nSPS) is 23.4. The highest BCUT2D eigenvalue weighted by Gasteiger charge is 2.21. The van der Waals surface area contributed by atoms with E-state index in [9.17, 15) is 5.11 Å². The van der Waals surface area contributed by atoms with Crippen molar-refractivity contribution in [1.29, 1.82) is 0 Å². The SMILES string of the molecule is CSCC(C)(O)CNC1CCCCC1. The monoisotopic (exact) mass is 217 g/mol. The Kier molecular flexibility index (Phi) is 5.28. The standard InChI is InChI=1S/C11H23NOS/c1-11(13,9-14-2)8-12-10-6-4-3-5-7-10/h10,12-13H,3-9H2,1-2H3. The highest BCUT2D eigenvalue weighted by Crippen LogP contribution is 2.18. The average Bonchev–Trinajstić information content (AvgIpc) is 2.17. The second-order valence-electron chi connectivity index (χ2n) is 4.65. The molecule has 0 radical (unpaired) electrons. The zero-order valence-corrected chi connectivity index (χ0v) is 10.2. The van der Waals surface area contributed by atoms with E-state index in [1.165, 1.54) is 32.1 Å². The van der Waals surface area contributed by atoms with E-state index in [0.29, 0.717) is 6.04 Å². The molecule has 1 unspecified atom stereocenters. The van der Waals surface area contributed by atoms with E-state index < -0.39 is 5.60 Å². The van der Waals surface area contributed by atoms with Crippen LogP contribution in [-0.2, 0) is 0 Å². The van der Waals surface area contributed by atoms with E-state index in [1.54, 1.807) is 11.8 Å². The first-order chi connectivity index (χ1) is 6.64. The van der Waals surface area contributed by atoms with E-state index in [4.69, 9.17) is 0 Å². The first kappa shape index (κ1) is 12.3. The first-order valence-corrected chi connectivity index (χ1v) is 6.98. The third-order valence-corrected chi connectivity index (χ3v) is 3.74. The number of hydrogen-bond donors (Lipinski definition) is 2. The van der Waals surface area contributed by atoms with Crippen molar-refractivity contribution in [2.75, 3.05) is 18.6 Å². The van der Waals surface area contributed by atoms with Gasteiger partial charge in [0.25, 0.3) is 0 Å². The molecule has 1 saturated carbocycles. The van der Waals surface area contributed by atoms with Gasteiger partial charge in [0.15, 0.2) is 0 Å². The molecule has 0 aromatic heterocycles. The second kappa shape index (κ2) is 5.99. The Balaban J connectivity index is 2.17. The maximum Gasteiger partial charge on any atom is 0.0833 e. The van der Waals surface area contributed by atoms with Crippen molar-refractivity contribution in [3.05, 3.63) is 0 Å². The van der Waals surface area contributed by atoms with Crippen LogP contribution < -0.4 is 5.32 Å². The average molecular weight is 217 g/mol. The van der Waals surface area contributed by atoms with Crippen molar-refractivity contribution in [2.45, 2.75) is 50.7 Å². The van der Waals surface area contributed by atoms with Gasteiger partial charge in [-0.25, -0.2) is 0 Å². The number of aliphatic hydroxyl groups is 1. The van der Waals surface area contributed by atoms with Gasteiger partial charge in [0.2, 0.25) is 0 Å². The summed E-state index contributed by atoms with van der Waals surface area (Å²) in [6.45, 7) is 2.65. The Morgan fingerprint density at radius 2 is 2.00 bits per heavy atom. The van der Waals surface area contributed by atoms with Gasteiger partial charge in [-0.3, -0.25) is 0 Å². The minimum Gasteiger partial charge on any atom is -0.388 e. The Bertz CT molecular complexity index is 155. The molecule has 0 amide bonds. The second-order valence-corrected chi connectivity index (χ2v) is 5.51. The quantitative estimate of drug-likeness (QED) is 0.739. The summed E-state index contributed by atoms with van der Waals surface area (Å²) in [6, 6.07) is 0.650. The molecule has 0 heterocycles. The number of thioether (sulfide) groups is 1. The van der Waals surface area contributed by atoms with Crippen molar-refractivity contribution in [3.8, 4) is 0 Å². The predicted molar refractivity (Wildman–Crippen MR) is 63.9 cm³/mol. The Morgan fingerprint density at radius 1 is 1.36 bits per heavy atom. The van der Waals surface area contributed by atoms with Crippen molar-refractivity contribution >= 4 is 11.8 Å². The van der Waals surface area contributed by atoms with E-state index in [-0.39, 0.29) is 0 Å². The minimum atomic E-state index is -0.545. The van der Waals surface area contributed by atoms with Gasteiger partial charge in [-0.2, -0.15) is 11.8 Å². The molecule has 0 aromatic rings. The first-order valence-electron chi connectivity index (χ1n) is 5.59. The van der Waals surface area contributed by atoms with Gasteiger partial charge < -0.3 is 10.4 Å². The third kappa shape index (κ3) is 4.67. The molecule has 0 aliphatic heterocycles. The highest BCUT2D eigenvalue weighted by atomic mass is 32.2. The summed E-state index contributed by atoms with van der Waals surface area (Å²) < 4.78 is 0. The van der Waals surface area contributed by atoms with Crippen molar-refractivity contribution in [1.82, 2.24) is 5.32 Å². The number of nitrogens with one attached hydrogen (secondary N) is 1. The largest absolute Gasteiger partial charge is 0.388 e. The van der Waals surface area contributed by atoms with Gasteiger partial charge in [-0.15, -0.1) is 0 Å². The number of rotatable bonds is 5. The zero-order valence-electron chi connectivity index (χ0n) is 9.38. The molecule has 0 saturated heterocycles. The van der Waals surface area contributed by atoms with Crippen LogP contribution >= 0.6 is 11.8 Å². The molecule has 0 bridgehead atoms. The van der Waals surface area contributed by atoms with Crippen LogP contribution in [0.5, 0.6) is 0 Å². The van der Waals surface area contributed by atoms with Crippen LogP contribution in [0.1, 0.15) is 39.0 Å². The van der Waals surface area contributed by atoms with Gasteiger partial charge in [0, 0.05) is 18.3 Å². The van der Waals surface area contributed by atoms with Gasteiger partial charge in [-0.1, -0.05) is 19.3 Å². The van der Waals surface area contributed by atoms with Crippen LogP contribution in [0.25, 0.3) is 0 Å². The lowest BCUT2D eigenvalue weighted by molar-refractivity contribution is 0.0795. The van der Waals surface area contributed by atoms with Crippen LogP contribution in [0.3, 0.4) is 0 Å². The van der Waals surface area contributed by atoms with Crippen LogP contribution in [-0.4, -0.2) is 35.3 Å². The molecule has 2 nitrogen and oxygen atoms in total. The molecule has 3 heteroatoms. The molecule has 0 aromatic carbocycles. The Labute approximate surface area is 91.9 Å². The van der Waals surface area contributed by atoms with E-state index in [2.05, 4.69) is 5.32 Å². The lowest BCUT2D eigenvalue weighted by Gasteiger charge is -2.28. The summed E-state index contributed by atoms with van der Waals surface area (Å²) in [6.07, 6.45) is 8.70.